The summed E-state index contributed by atoms with van der Waals surface area (Å²) in [4.78, 5) is 12.6. The molecule has 4 aromatic rings. The Morgan fingerprint density at radius 2 is 1.69 bits per heavy atom. The highest BCUT2D eigenvalue weighted by Crippen LogP contribution is 2.23. The minimum absolute atomic E-state index is 0.0126. The summed E-state index contributed by atoms with van der Waals surface area (Å²) in [6.45, 7) is 2.89. The van der Waals surface area contributed by atoms with E-state index in [1.54, 1.807) is 24.3 Å². The molecule has 0 bridgehead atoms. The number of nitrogens with zero attached hydrogens (tertiary/aromatic N) is 3. The van der Waals surface area contributed by atoms with E-state index in [0.717, 1.165) is 16.9 Å². The second-order valence-corrected chi connectivity index (χ2v) is 8.62. The van der Waals surface area contributed by atoms with Crippen molar-refractivity contribution in [2.75, 3.05) is 5.75 Å². The summed E-state index contributed by atoms with van der Waals surface area (Å²) in [5.41, 5.74) is 2.80. The number of ketones is 1. The van der Waals surface area contributed by atoms with Crippen LogP contribution in [0.5, 0.6) is 5.75 Å². The number of aryl methyl sites for hydroxylation is 1. The first-order chi connectivity index (χ1) is 15.6. The molecule has 0 atom stereocenters. The van der Waals surface area contributed by atoms with Gasteiger partial charge in [-0.1, -0.05) is 71.9 Å². The van der Waals surface area contributed by atoms with Gasteiger partial charge >= 0.3 is 0 Å². The van der Waals surface area contributed by atoms with Crippen LogP contribution in [0.3, 0.4) is 0 Å². The number of halogens is 1. The molecule has 0 N–H and O–H groups in total. The van der Waals surface area contributed by atoms with Crippen LogP contribution in [0.4, 0.5) is 0 Å². The SMILES string of the molecule is Cc1ccccc1OCc1nnc(SCC(=O)c2ccc(Cl)cc2)n1Cc1ccccc1. The lowest BCUT2D eigenvalue weighted by atomic mass is 10.1. The van der Waals surface area contributed by atoms with E-state index in [4.69, 9.17) is 16.3 Å². The Morgan fingerprint density at radius 1 is 0.969 bits per heavy atom. The summed E-state index contributed by atoms with van der Waals surface area (Å²) in [5.74, 6) is 1.79. The number of hydrogen-bond acceptors (Lipinski definition) is 5. The zero-order valence-electron chi connectivity index (χ0n) is 17.6. The van der Waals surface area contributed by atoms with E-state index in [0.29, 0.717) is 28.1 Å². The third-order valence-electron chi connectivity index (χ3n) is 4.93. The predicted octanol–water partition coefficient (Wildman–Crippen LogP) is 5.84. The molecule has 0 fully saturated rings. The molecule has 0 aliphatic rings. The molecular formula is C25H22ClN3O2S. The molecule has 0 aliphatic carbocycles. The van der Waals surface area contributed by atoms with Crippen molar-refractivity contribution >= 4 is 29.1 Å². The van der Waals surface area contributed by atoms with Crippen LogP contribution in [-0.2, 0) is 13.2 Å². The van der Waals surface area contributed by atoms with Crippen molar-refractivity contribution in [1.82, 2.24) is 14.8 Å². The molecule has 32 heavy (non-hydrogen) atoms. The Morgan fingerprint density at radius 3 is 2.44 bits per heavy atom. The third-order valence-corrected chi connectivity index (χ3v) is 6.14. The van der Waals surface area contributed by atoms with Crippen LogP contribution in [0.25, 0.3) is 0 Å². The van der Waals surface area contributed by atoms with E-state index in [1.807, 2.05) is 54.0 Å². The van der Waals surface area contributed by atoms with Crippen molar-refractivity contribution in [2.45, 2.75) is 25.2 Å². The average Bonchev–Trinajstić information content (AvgIpc) is 3.19. The fourth-order valence-corrected chi connectivity index (χ4v) is 4.14. The van der Waals surface area contributed by atoms with E-state index in [-0.39, 0.29) is 18.1 Å². The van der Waals surface area contributed by atoms with E-state index >= 15 is 0 Å². The van der Waals surface area contributed by atoms with Gasteiger partial charge in [-0.25, -0.2) is 0 Å². The summed E-state index contributed by atoms with van der Waals surface area (Å²) >= 11 is 7.29. The smallest absolute Gasteiger partial charge is 0.192 e. The fraction of sp³-hybridized carbons (Fsp3) is 0.160. The maximum Gasteiger partial charge on any atom is 0.192 e. The molecule has 0 radical (unpaired) electrons. The number of thioether (sulfide) groups is 1. The first-order valence-electron chi connectivity index (χ1n) is 10.2. The van der Waals surface area contributed by atoms with E-state index in [1.165, 1.54) is 11.8 Å². The van der Waals surface area contributed by atoms with Crippen molar-refractivity contribution in [1.29, 1.82) is 0 Å². The predicted molar refractivity (Wildman–Crippen MR) is 128 cm³/mol. The van der Waals surface area contributed by atoms with E-state index in [2.05, 4.69) is 22.3 Å². The van der Waals surface area contributed by atoms with Gasteiger partial charge in [0.05, 0.1) is 12.3 Å². The molecule has 0 saturated heterocycles. The average molecular weight is 464 g/mol. The molecule has 162 valence electrons. The van der Waals surface area contributed by atoms with Crippen LogP contribution in [0, 0.1) is 6.92 Å². The van der Waals surface area contributed by atoms with Crippen LogP contribution in [-0.4, -0.2) is 26.3 Å². The van der Waals surface area contributed by atoms with Crippen molar-refractivity contribution in [3.05, 3.63) is 106 Å². The van der Waals surface area contributed by atoms with Crippen LogP contribution in [0.15, 0.2) is 84.0 Å². The van der Waals surface area contributed by atoms with Gasteiger partial charge in [-0.3, -0.25) is 9.36 Å². The first-order valence-corrected chi connectivity index (χ1v) is 11.5. The Kier molecular flexibility index (Phi) is 7.24. The van der Waals surface area contributed by atoms with Gasteiger partial charge in [-0.2, -0.15) is 0 Å². The topological polar surface area (TPSA) is 57.0 Å². The highest BCUT2D eigenvalue weighted by atomic mass is 35.5. The van der Waals surface area contributed by atoms with Gasteiger partial charge < -0.3 is 4.74 Å². The third kappa shape index (κ3) is 5.58. The van der Waals surface area contributed by atoms with E-state index in [9.17, 15) is 4.79 Å². The van der Waals surface area contributed by atoms with Crippen molar-refractivity contribution in [3.63, 3.8) is 0 Å². The van der Waals surface area contributed by atoms with Gasteiger partial charge in [-0.05, 0) is 48.4 Å². The number of rotatable bonds is 9. The lowest BCUT2D eigenvalue weighted by Crippen LogP contribution is -2.11. The summed E-state index contributed by atoms with van der Waals surface area (Å²) in [5, 5.41) is 9.99. The molecule has 0 spiro atoms. The molecular weight excluding hydrogens is 442 g/mol. The lowest BCUT2D eigenvalue weighted by Gasteiger charge is -2.12. The van der Waals surface area contributed by atoms with Gasteiger partial charge in [0.15, 0.2) is 16.8 Å². The minimum atomic E-state index is 0.0126. The maximum atomic E-state index is 12.6. The molecule has 0 unspecified atom stereocenters. The number of ether oxygens (including phenoxy) is 1. The highest BCUT2D eigenvalue weighted by Gasteiger charge is 2.16. The van der Waals surface area contributed by atoms with Gasteiger partial charge in [-0.15, -0.1) is 10.2 Å². The number of carbonyl (C=O) groups is 1. The lowest BCUT2D eigenvalue weighted by molar-refractivity contribution is 0.102. The molecule has 5 nitrogen and oxygen atoms in total. The summed E-state index contributed by atoms with van der Waals surface area (Å²) in [6, 6.07) is 24.9. The molecule has 4 rings (SSSR count). The van der Waals surface area contributed by atoms with Gasteiger partial charge in [0.1, 0.15) is 12.4 Å². The molecule has 0 saturated carbocycles. The second kappa shape index (κ2) is 10.5. The standard InChI is InChI=1S/C25H22ClN3O2S/c1-18-7-5-6-10-23(18)31-16-24-27-28-25(29(24)15-19-8-3-2-4-9-19)32-17-22(30)20-11-13-21(26)14-12-20/h2-14H,15-17H2,1H3. The van der Waals surface area contributed by atoms with Crippen molar-refractivity contribution in [2.24, 2.45) is 0 Å². The number of Topliss-reactive ketones (excluding diaryl/α,β-unsaturated/α-hetero) is 1. The van der Waals surface area contributed by atoms with Crippen LogP contribution in [0.2, 0.25) is 5.02 Å². The van der Waals surface area contributed by atoms with Crippen molar-refractivity contribution < 1.29 is 9.53 Å². The summed E-state index contributed by atoms with van der Waals surface area (Å²) in [7, 11) is 0. The van der Waals surface area contributed by atoms with Crippen LogP contribution in [0.1, 0.15) is 27.3 Å². The number of aromatic nitrogens is 3. The molecule has 3 aromatic carbocycles. The van der Waals surface area contributed by atoms with Gasteiger partial charge in [0.25, 0.3) is 0 Å². The van der Waals surface area contributed by atoms with Crippen molar-refractivity contribution in [3.8, 4) is 5.75 Å². The van der Waals surface area contributed by atoms with Gasteiger partial charge in [0, 0.05) is 10.6 Å². The number of carbonyl (C=O) groups excluding carboxylic acids is 1. The zero-order chi connectivity index (χ0) is 22.3. The Bertz CT molecular complexity index is 1190. The summed E-state index contributed by atoms with van der Waals surface area (Å²) in [6.07, 6.45) is 0. The number of para-hydroxylation sites is 1. The second-order valence-electron chi connectivity index (χ2n) is 7.24. The first kappa shape index (κ1) is 22.1. The monoisotopic (exact) mass is 463 g/mol. The van der Waals surface area contributed by atoms with E-state index < -0.39 is 0 Å². The van der Waals surface area contributed by atoms with Crippen LogP contribution < -0.4 is 4.74 Å². The zero-order valence-corrected chi connectivity index (χ0v) is 19.1. The Hall–Kier alpha value is -3.09. The summed E-state index contributed by atoms with van der Waals surface area (Å²) < 4.78 is 8.02. The molecule has 1 aromatic heterocycles. The molecule has 1 heterocycles. The number of hydrogen-bond donors (Lipinski definition) is 0. The molecule has 0 amide bonds. The quantitative estimate of drug-likeness (QED) is 0.230. The normalized spacial score (nSPS) is 10.8. The largest absolute Gasteiger partial charge is 0.485 e. The van der Waals surface area contributed by atoms with Crippen LogP contribution >= 0.6 is 23.4 Å². The maximum absolute atomic E-state index is 12.6. The minimum Gasteiger partial charge on any atom is -0.485 e. The highest BCUT2D eigenvalue weighted by molar-refractivity contribution is 7.99. The molecule has 7 heteroatoms. The fourth-order valence-electron chi connectivity index (χ4n) is 3.17. The Balaban J connectivity index is 1.52. The Labute approximate surface area is 196 Å². The molecule has 0 aliphatic heterocycles. The number of benzene rings is 3. The van der Waals surface area contributed by atoms with Gasteiger partial charge in [0.2, 0.25) is 0 Å².